The van der Waals surface area contributed by atoms with Crippen LogP contribution in [0.25, 0.3) is 11.4 Å². The molecule has 7 nitrogen and oxygen atoms in total. The minimum absolute atomic E-state index is 0.0411. The van der Waals surface area contributed by atoms with Crippen molar-refractivity contribution in [2.75, 3.05) is 20.2 Å². The summed E-state index contributed by atoms with van der Waals surface area (Å²) in [4.78, 5) is 22.8. The molecule has 2 aliphatic rings. The van der Waals surface area contributed by atoms with Gasteiger partial charge in [0.2, 0.25) is 0 Å². The van der Waals surface area contributed by atoms with Crippen molar-refractivity contribution in [1.29, 1.82) is 5.26 Å². The summed E-state index contributed by atoms with van der Waals surface area (Å²) < 4.78 is 7.47. The van der Waals surface area contributed by atoms with Crippen molar-refractivity contribution in [2.24, 2.45) is 5.92 Å². The summed E-state index contributed by atoms with van der Waals surface area (Å²) in [5, 5.41) is 9.12. The molecule has 0 amide bonds. The van der Waals surface area contributed by atoms with Gasteiger partial charge in [0.25, 0.3) is 5.56 Å². The van der Waals surface area contributed by atoms with Crippen molar-refractivity contribution < 1.29 is 4.74 Å². The molecule has 7 heteroatoms. The Hall–Kier alpha value is -3.37. The van der Waals surface area contributed by atoms with Crippen molar-refractivity contribution in [3.8, 4) is 23.2 Å². The van der Waals surface area contributed by atoms with E-state index in [1.165, 1.54) is 0 Å². The topological polar surface area (TPSA) is 86.9 Å². The van der Waals surface area contributed by atoms with Crippen molar-refractivity contribution in [2.45, 2.75) is 25.4 Å². The van der Waals surface area contributed by atoms with Crippen molar-refractivity contribution >= 4 is 0 Å². The lowest BCUT2D eigenvalue weighted by molar-refractivity contribution is 0.113. The van der Waals surface area contributed by atoms with Gasteiger partial charge >= 0.3 is 0 Å². The number of pyridine rings is 1. The monoisotopic (exact) mass is 401 g/mol. The van der Waals surface area contributed by atoms with Crippen LogP contribution in [0.2, 0.25) is 0 Å². The maximum Gasteiger partial charge on any atom is 0.261 e. The van der Waals surface area contributed by atoms with Crippen molar-refractivity contribution in [3.05, 3.63) is 69.9 Å². The molecule has 5 rings (SSSR count). The number of nitrogens with zero attached hydrogens (tertiary/aromatic N) is 4. The molecule has 30 heavy (non-hydrogen) atoms. The quantitative estimate of drug-likeness (QED) is 0.726. The first-order valence-electron chi connectivity index (χ1n) is 10.2. The maximum absolute atomic E-state index is 13.1. The minimum atomic E-state index is 0.0411. The number of nitriles is 1. The minimum Gasteiger partial charge on any atom is -0.496 e. The van der Waals surface area contributed by atoms with Gasteiger partial charge in [-0.15, -0.1) is 0 Å². The van der Waals surface area contributed by atoms with Crippen LogP contribution >= 0.6 is 0 Å². The number of methoxy groups -OCH3 is 1. The fourth-order valence-electron chi connectivity index (χ4n) is 4.95. The molecule has 3 aromatic rings. The normalized spacial score (nSPS) is 20.4. The fourth-order valence-corrected chi connectivity index (χ4v) is 4.95. The highest BCUT2D eigenvalue weighted by Gasteiger charge is 2.35. The lowest BCUT2D eigenvalue weighted by Gasteiger charge is -2.43. The van der Waals surface area contributed by atoms with Crippen LogP contribution in [0.1, 0.15) is 29.2 Å². The summed E-state index contributed by atoms with van der Waals surface area (Å²) in [5.74, 6) is 2.15. The number of H-pyrrole nitrogens is 1. The standard InChI is InChI=1S/C23H23N5O2/c1-30-21-9-15(10-24)2-3-17(21)13-27-11-16-8-18(14-27)20-5-4-19(22-25-6-7-26-22)23(29)28(20)12-16/h2-7,9,16,18H,8,11-14H2,1H3,(H,25,26)/t16-,18+/m0/s1. The number of rotatable bonds is 4. The molecule has 2 atom stereocenters. The first-order chi connectivity index (χ1) is 14.7. The summed E-state index contributed by atoms with van der Waals surface area (Å²) in [5.41, 5.74) is 3.47. The van der Waals surface area contributed by atoms with Gasteiger partial charge in [-0.3, -0.25) is 9.69 Å². The van der Waals surface area contributed by atoms with E-state index >= 15 is 0 Å². The third kappa shape index (κ3) is 3.19. The van der Waals surface area contributed by atoms with Crippen LogP contribution in [0, 0.1) is 17.2 Å². The van der Waals surface area contributed by atoms with Crippen LogP contribution in [0.5, 0.6) is 5.75 Å². The number of aromatic amines is 1. The molecule has 0 saturated carbocycles. The summed E-state index contributed by atoms with van der Waals surface area (Å²) >= 11 is 0. The van der Waals surface area contributed by atoms with E-state index in [1.807, 2.05) is 22.8 Å². The molecule has 1 fully saturated rings. The lowest BCUT2D eigenvalue weighted by atomic mass is 9.82. The molecule has 0 unspecified atom stereocenters. The molecule has 1 aromatic carbocycles. The first-order valence-corrected chi connectivity index (χ1v) is 10.2. The van der Waals surface area contributed by atoms with Crippen molar-refractivity contribution in [1.82, 2.24) is 19.4 Å². The van der Waals surface area contributed by atoms with Gasteiger partial charge in [0.15, 0.2) is 0 Å². The number of piperidine rings is 1. The Morgan fingerprint density at radius 2 is 2.17 bits per heavy atom. The highest BCUT2D eigenvalue weighted by atomic mass is 16.5. The molecule has 0 aliphatic carbocycles. The Morgan fingerprint density at radius 1 is 1.27 bits per heavy atom. The van der Waals surface area contributed by atoms with E-state index < -0.39 is 0 Å². The van der Waals surface area contributed by atoms with Crippen LogP contribution in [0.4, 0.5) is 0 Å². The zero-order valence-corrected chi connectivity index (χ0v) is 16.8. The maximum atomic E-state index is 13.1. The molecule has 2 aliphatic heterocycles. The van der Waals surface area contributed by atoms with E-state index in [0.29, 0.717) is 28.8 Å². The van der Waals surface area contributed by atoms with Gasteiger partial charge in [0, 0.05) is 55.7 Å². The Bertz CT molecular complexity index is 1180. The number of hydrogen-bond donors (Lipinski definition) is 1. The Kier molecular flexibility index (Phi) is 4.64. The highest BCUT2D eigenvalue weighted by molar-refractivity contribution is 5.53. The Morgan fingerprint density at radius 3 is 2.93 bits per heavy atom. The third-order valence-corrected chi connectivity index (χ3v) is 6.24. The molecule has 2 aromatic heterocycles. The second-order valence-electron chi connectivity index (χ2n) is 8.16. The first kappa shape index (κ1) is 18.6. The SMILES string of the molecule is COc1cc(C#N)ccc1CN1C[C@@H]2C[C@H](C1)c1ccc(-c3ncc[nH]3)c(=O)n1C2. The number of aromatic nitrogens is 3. The molecule has 0 radical (unpaired) electrons. The average Bonchev–Trinajstić information content (AvgIpc) is 3.29. The van der Waals surface area contributed by atoms with E-state index in [1.54, 1.807) is 25.6 Å². The molecule has 152 valence electrons. The predicted molar refractivity (Wildman–Crippen MR) is 112 cm³/mol. The summed E-state index contributed by atoms with van der Waals surface area (Å²) in [7, 11) is 1.64. The largest absolute Gasteiger partial charge is 0.496 e. The zero-order valence-electron chi connectivity index (χ0n) is 16.8. The number of imidazole rings is 1. The van der Waals surface area contributed by atoms with Gasteiger partial charge in [0.1, 0.15) is 11.6 Å². The van der Waals surface area contributed by atoms with E-state index in [9.17, 15) is 4.79 Å². The lowest BCUT2D eigenvalue weighted by Crippen LogP contribution is -2.47. The zero-order chi connectivity index (χ0) is 20.7. The fraction of sp³-hybridized carbons (Fsp3) is 0.348. The number of benzene rings is 1. The molecular weight excluding hydrogens is 378 g/mol. The van der Waals surface area contributed by atoms with Gasteiger partial charge in [-0.2, -0.15) is 5.26 Å². The number of nitrogens with one attached hydrogen (secondary N) is 1. The van der Waals surface area contributed by atoms with Crippen LogP contribution in [-0.4, -0.2) is 39.6 Å². The second-order valence-corrected chi connectivity index (χ2v) is 8.16. The number of hydrogen-bond acceptors (Lipinski definition) is 5. The van der Waals surface area contributed by atoms with Gasteiger partial charge in [-0.1, -0.05) is 6.07 Å². The van der Waals surface area contributed by atoms with E-state index in [-0.39, 0.29) is 5.56 Å². The van der Waals surface area contributed by atoms with Crippen LogP contribution in [0.3, 0.4) is 0 Å². The average molecular weight is 401 g/mol. The van der Waals surface area contributed by atoms with Crippen LogP contribution in [0.15, 0.2) is 47.5 Å². The van der Waals surface area contributed by atoms with E-state index in [4.69, 9.17) is 10.00 Å². The van der Waals surface area contributed by atoms with Crippen molar-refractivity contribution in [3.63, 3.8) is 0 Å². The molecule has 1 saturated heterocycles. The molecule has 4 heterocycles. The molecule has 1 N–H and O–H groups in total. The van der Waals surface area contributed by atoms with E-state index in [2.05, 4.69) is 27.0 Å². The number of ether oxygens (including phenoxy) is 1. The number of fused-ring (bicyclic) bond motifs is 4. The van der Waals surface area contributed by atoms with Gasteiger partial charge in [-0.25, -0.2) is 4.98 Å². The van der Waals surface area contributed by atoms with Crippen LogP contribution < -0.4 is 10.3 Å². The van der Waals surface area contributed by atoms with Gasteiger partial charge < -0.3 is 14.3 Å². The third-order valence-electron chi connectivity index (χ3n) is 6.24. The Balaban J connectivity index is 1.41. The summed E-state index contributed by atoms with van der Waals surface area (Å²) in [6, 6.07) is 11.8. The van der Waals surface area contributed by atoms with Crippen LogP contribution in [-0.2, 0) is 13.1 Å². The highest BCUT2D eigenvalue weighted by Crippen LogP contribution is 2.36. The van der Waals surface area contributed by atoms with E-state index in [0.717, 1.165) is 49.6 Å². The van der Waals surface area contributed by atoms with Gasteiger partial charge in [0.05, 0.1) is 24.3 Å². The molecule has 0 spiro atoms. The summed E-state index contributed by atoms with van der Waals surface area (Å²) in [6.07, 6.45) is 4.52. The van der Waals surface area contributed by atoms with Gasteiger partial charge in [-0.05, 0) is 36.6 Å². The number of likely N-dealkylation sites (tertiary alicyclic amines) is 1. The second kappa shape index (κ2) is 7.47. The Labute approximate surface area is 174 Å². The molecular formula is C23H23N5O2. The smallest absolute Gasteiger partial charge is 0.261 e. The summed E-state index contributed by atoms with van der Waals surface area (Å²) in [6.45, 7) is 3.35. The predicted octanol–water partition coefficient (Wildman–Crippen LogP) is 2.74. The molecule has 2 bridgehead atoms.